The van der Waals surface area contributed by atoms with E-state index in [1.807, 2.05) is 0 Å². The van der Waals surface area contributed by atoms with Gasteiger partial charge in [-0.05, 0) is 94.8 Å². The maximum Gasteiger partial charge on any atom is 0.224 e. The molecule has 0 saturated heterocycles. The van der Waals surface area contributed by atoms with Gasteiger partial charge in [0, 0.05) is 18.4 Å². The van der Waals surface area contributed by atoms with Crippen molar-refractivity contribution in [2.75, 3.05) is 5.75 Å². The molecule has 0 bridgehead atoms. The van der Waals surface area contributed by atoms with Gasteiger partial charge in [-0.15, -0.1) is 0 Å². The molecule has 2 amide bonds. The van der Waals surface area contributed by atoms with E-state index in [2.05, 4.69) is 16.7 Å². The molecule has 0 aromatic heterocycles. The van der Waals surface area contributed by atoms with Crippen molar-refractivity contribution < 1.29 is 18.0 Å². The average molecular weight is 506 g/mol. The number of carbonyl (C=O) groups is 2. The van der Waals surface area contributed by atoms with Crippen molar-refractivity contribution in [1.82, 2.24) is 10.6 Å². The van der Waals surface area contributed by atoms with Crippen molar-refractivity contribution in [3.8, 4) is 6.07 Å². The maximum absolute atomic E-state index is 12.8. The molecule has 7 nitrogen and oxygen atoms in total. The molecule has 0 spiro atoms. The Balaban J connectivity index is 1.13. The Morgan fingerprint density at radius 3 is 2.06 bits per heavy atom. The highest BCUT2D eigenvalue weighted by Crippen LogP contribution is 2.36. The fourth-order valence-electron chi connectivity index (χ4n) is 6.49. The molecule has 0 aromatic carbocycles. The lowest BCUT2D eigenvalue weighted by atomic mass is 9.82. The van der Waals surface area contributed by atoms with E-state index in [-0.39, 0.29) is 46.9 Å². The van der Waals surface area contributed by atoms with Crippen LogP contribution in [-0.4, -0.2) is 43.3 Å². The fraction of sp³-hybridized carbons (Fsp3) is 0.889. The molecule has 1 atom stereocenters. The number of nitrogens with zero attached hydrogens (tertiary/aromatic N) is 1. The topological polar surface area (TPSA) is 116 Å². The lowest BCUT2D eigenvalue weighted by Gasteiger charge is -2.32. The second-order valence-corrected chi connectivity index (χ2v) is 14.1. The van der Waals surface area contributed by atoms with Gasteiger partial charge >= 0.3 is 0 Å². The Labute approximate surface area is 211 Å². The van der Waals surface area contributed by atoms with Crippen LogP contribution in [0.3, 0.4) is 0 Å². The lowest BCUT2D eigenvalue weighted by molar-refractivity contribution is -0.127. The Bertz CT molecular complexity index is 873. The Kier molecular flexibility index (Phi) is 9.13. The van der Waals surface area contributed by atoms with Crippen LogP contribution in [0, 0.1) is 35.0 Å². The van der Waals surface area contributed by atoms with E-state index in [1.165, 1.54) is 6.42 Å². The van der Waals surface area contributed by atoms with Gasteiger partial charge in [-0.25, -0.2) is 8.42 Å². The second kappa shape index (κ2) is 12.1. The summed E-state index contributed by atoms with van der Waals surface area (Å²) in [6, 6.07) is 2.04. The number of nitrogens with one attached hydrogen (secondary N) is 2. The van der Waals surface area contributed by atoms with E-state index in [9.17, 15) is 23.3 Å². The zero-order valence-corrected chi connectivity index (χ0v) is 21.9. The first-order valence-corrected chi connectivity index (χ1v) is 15.8. The summed E-state index contributed by atoms with van der Waals surface area (Å²) in [5.74, 6) is 1.30. The SMILES string of the molecule is N#CC(NC(=O)C1CCC(NC(=O)CC2CCC(S(=O)(=O)CC3CC3)CC2)CC1)C1CCCCC1. The highest BCUT2D eigenvalue weighted by molar-refractivity contribution is 7.92. The molecule has 8 heteroatoms. The molecule has 2 N–H and O–H groups in total. The van der Waals surface area contributed by atoms with Crippen LogP contribution in [0.15, 0.2) is 0 Å². The Morgan fingerprint density at radius 2 is 1.46 bits per heavy atom. The molecule has 35 heavy (non-hydrogen) atoms. The Hall–Kier alpha value is -1.62. The van der Waals surface area contributed by atoms with Crippen molar-refractivity contribution in [2.45, 2.75) is 120 Å². The molecule has 1 unspecified atom stereocenters. The Morgan fingerprint density at radius 1 is 0.829 bits per heavy atom. The summed E-state index contributed by atoms with van der Waals surface area (Å²) in [4.78, 5) is 25.4. The van der Waals surface area contributed by atoms with Crippen LogP contribution in [0.25, 0.3) is 0 Å². The molecule has 196 valence electrons. The molecule has 4 aliphatic carbocycles. The highest BCUT2D eigenvalue weighted by Gasteiger charge is 2.36. The van der Waals surface area contributed by atoms with Gasteiger partial charge in [-0.1, -0.05) is 19.3 Å². The first-order chi connectivity index (χ1) is 16.8. The number of hydrogen-bond acceptors (Lipinski definition) is 5. The van der Waals surface area contributed by atoms with Crippen LogP contribution in [-0.2, 0) is 19.4 Å². The van der Waals surface area contributed by atoms with Crippen LogP contribution < -0.4 is 10.6 Å². The van der Waals surface area contributed by atoms with E-state index in [4.69, 9.17) is 0 Å². The minimum absolute atomic E-state index is 0.000276. The lowest BCUT2D eigenvalue weighted by Crippen LogP contribution is -2.45. The zero-order valence-electron chi connectivity index (χ0n) is 21.1. The van der Waals surface area contributed by atoms with E-state index >= 15 is 0 Å². The molecule has 4 fully saturated rings. The molecule has 0 heterocycles. The third-order valence-electron chi connectivity index (χ3n) is 8.96. The summed E-state index contributed by atoms with van der Waals surface area (Å²) >= 11 is 0. The standard InChI is InChI=1S/C27H43N3O4S/c28-17-25(21-4-2-1-3-5-21)30-27(32)22-10-12-23(13-11-22)29-26(31)16-19-8-14-24(15-9-19)35(33,34)18-20-6-7-20/h19-25H,1-16,18H2,(H,29,31)(H,30,32). The molecular formula is C27H43N3O4S. The van der Waals surface area contributed by atoms with Crippen molar-refractivity contribution in [3.63, 3.8) is 0 Å². The van der Waals surface area contributed by atoms with E-state index in [0.717, 1.165) is 77.0 Å². The molecule has 4 aliphatic rings. The predicted octanol–water partition coefficient (Wildman–Crippen LogP) is 4.02. The quantitative estimate of drug-likeness (QED) is 0.491. The largest absolute Gasteiger partial charge is 0.353 e. The van der Waals surface area contributed by atoms with Crippen molar-refractivity contribution >= 4 is 21.7 Å². The van der Waals surface area contributed by atoms with Crippen LogP contribution in [0.2, 0.25) is 0 Å². The summed E-state index contributed by atoms with van der Waals surface area (Å²) in [5, 5.41) is 15.5. The number of carbonyl (C=O) groups excluding carboxylic acids is 2. The number of hydrogen-bond donors (Lipinski definition) is 2. The second-order valence-electron chi connectivity index (χ2n) is 11.7. The van der Waals surface area contributed by atoms with Gasteiger partial charge in [0.15, 0.2) is 9.84 Å². The normalized spacial score (nSPS) is 31.2. The van der Waals surface area contributed by atoms with Gasteiger partial charge < -0.3 is 10.6 Å². The number of amides is 2. The predicted molar refractivity (Wildman–Crippen MR) is 135 cm³/mol. The summed E-state index contributed by atoms with van der Waals surface area (Å²) in [6.07, 6.45) is 14.2. The van der Waals surface area contributed by atoms with E-state index in [0.29, 0.717) is 30.9 Å². The van der Waals surface area contributed by atoms with Crippen LogP contribution >= 0.6 is 0 Å². The van der Waals surface area contributed by atoms with Gasteiger partial charge in [0.25, 0.3) is 0 Å². The smallest absolute Gasteiger partial charge is 0.224 e. The van der Waals surface area contributed by atoms with Gasteiger partial charge in [0.2, 0.25) is 11.8 Å². The molecule has 0 aliphatic heterocycles. The summed E-state index contributed by atoms with van der Waals surface area (Å²) in [6.45, 7) is 0. The molecule has 4 saturated carbocycles. The van der Waals surface area contributed by atoms with Gasteiger partial charge in [0.05, 0.1) is 17.1 Å². The minimum atomic E-state index is -2.97. The van der Waals surface area contributed by atoms with Crippen LogP contribution in [0.5, 0.6) is 0 Å². The number of rotatable bonds is 9. The van der Waals surface area contributed by atoms with Crippen LogP contribution in [0.1, 0.15) is 103 Å². The highest BCUT2D eigenvalue weighted by atomic mass is 32.2. The number of sulfone groups is 1. The third kappa shape index (κ3) is 7.68. The van der Waals surface area contributed by atoms with Gasteiger partial charge in [-0.3, -0.25) is 9.59 Å². The van der Waals surface area contributed by atoms with E-state index < -0.39 is 9.84 Å². The number of nitriles is 1. The third-order valence-corrected chi connectivity index (χ3v) is 11.4. The van der Waals surface area contributed by atoms with Crippen molar-refractivity contribution in [1.29, 1.82) is 5.26 Å². The zero-order chi connectivity index (χ0) is 24.8. The monoisotopic (exact) mass is 505 g/mol. The molecule has 0 aromatic rings. The van der Waals surface area contributed by atoms with Crippen molar-refractivity contribution in [2.24, 2.45) is 23.7 Å². The van der Waals surface area contributed by atoms with Gasteiger partial charge in [-0.2, -0.15) is 5.26 Å². The first kappa shape index (κ1) is 26.4. The molecule has 4 rings (SSSR count). The van der Waals surface area contributed by atoms with E-state index in [1.54, 1.807) is 0 Å². The van der Waals surface area contributed by atoms with Crippen molar-refractivity contribution in [3.05, 3.63) is 0 Å². The van der Waals surface area contributed by atoms with Crippen LogP contribution in [0.4, 0.5) is 0 Å². The summed E-state index contributed by atoms with van der Waals surface area (Å²) in [5.41, 5.74) is 0. The molecular weight excluding hydrogens is 462 g/mol. The minimum Gasteiger partial charge on any atom is -0.353 e. The summed E-state index contributed by atoms with van der Waals surface area (Å²) in [7, 11) is -2.97. The first-order valence-electron chi connectivity index (χ1n) is 14.0. The average Bonchev–Trinajstić information content (AvgIpc) is 3.67. The fourth-order valence-corrected chi connectivity index (χ4v) is 8.74. The summed E-state index contributed by atoms with van der Waals surface area (Å²) < 4.78 is 25.1. The maximum atomic E-state index is 12.8. The van der Waals surface area contributed by atoms with Gasteiger partial charge in [0.1, 0.15) is 6.04 Å². The molecule has 0 radical (unpaired) electrons.